The zero-order valence-electron chi connectivity index (χ0n) is 11.6. The number of carbonyl (C=O) groups excluding carboxylic acids is 1. The molecule has 0 bridgehead atoms. The highest BCUT2D eigenvalue weighted by Crippen LogP contribution is 2.27. The van der Waals surface area contributed by atoms with Gasteiger partial charge in [-0.2, -0.15) is 0 Å². The molecule has 1 amide bonds. The number of nitrogens with one attached hydrogen (secondary N) is 1. The molecule has 0 spiro atoms. The molecule has 2 aromatic rings. The summed E-state index contributed by atoms with van der Waals surface area (Å²) >= 11 is 3.41. The van der Waals surface area contributed by atoms with Crippen LogP contribution >= 0.6 is 15.9 Å². The highest BCUT2D eigenvalue weighted by molar-refractivity contribution is 9.10. The Morgan fingerprint density at radius 2 is 2.25 bits per heavy atom. The van der Waals surface area contributed by atoms with E-state index < -0.39 is 0 Å². The normalized spacial score (nSPS) is 12.6. The van der Waals surface area contributed by atoms with E-state index in [1.807, 2.05) is 32.0 Å². The number of rotatable bonds is 5. The van der Waals surface area contributed by atoms with E-state index in [4.69, 9.17) is 4.42 Å². The van der Waals surface area contributed by atoms with Crippen LogP contribution in [0.1, 0.15) is 35.9 Å². The van der Waals surface area contributed by atoms with Crippen LogP contribution < -0.4 is 5.32 Å². The smallest absolute Gasteiger partial charge is 0.287 e. The van der Waals surface area contributed by atoms with Crippen LogP contribution in [0.5, 0.6) is 0 Å². The average Bonchev–Trinajstić information content (AvgIpc) is 2.75. The van der Waals surface area contributed by atoms with Crippen LogP contribution in [0.15, 0.2) is 27.1 Å². The lowest BCUT2D eigenvalue weighted by atomic mass is 10.1. The number of fused-ring (bicyclic) bond motifs is 1. The molecule has 2 N–H and O–H groups in total. The van der Waals surface area contributed by atoms with E-state index in [0.717, 1.165) is 15.4 Å². The van der Waals surface area contributed by atoms with Crippen molar-refractivity contribution in [1.29, 1.82) is 0 Å². The Kier molecular flexibility index (Phi) is 4.83. The van der Waals surface area contributed by atoms with E-state index in [-0.39, 0.29) is 12.0 Å². The molecular weight excluding hydrogens is 322 g/mol. The molecule has 1 unspecified atom stereocenters. The fourth-order valence-electron chi connectivity index (χ4n) is 2.05. The van der Waals surface area contributed by atoms with Crippen molar-refractivity contribution in [2.24, 2.45) is 0 Å². The second kappa shape index (κ2) is 6.41. The molecule has 1 aromatic carbocycles. The van der Waals surface area contributed by atoms with Gasteiger partial charge in [-0.15, -0.1) is 0 Å². The van der Waals surface area contributed by atoms with Crippen molar-refractivity contribution in [2.45, 2.75) is 32.8 Å². The number of furan rings is 1. The van der Waals surface area contributed by atoms with Gasteiger partial charge in [0, 0.05) is 22.0 Å². The van der Waals surface area contributed by atoms with E-state index in [9.17, 15) is 9.90 Å². The van der Waals surface area contributed by atoms with E-state index in [1.165, 1.54) is 0 Å². The predicted molar refractivity (Wildman–Crippen MR) is 81.9 cm³/mol. The molecule has 2 rings (SSSR count). The van der Waals surface area contributed by atoms with E-state index in [2.05, 4.69) is 21.2 Å². The van der Waals surface area contributed by atoms with E-state index in [1.54, 1.807) is 0 Å². The number of carbonyl (C=O) groups is 1. The van der Waals surface area contributed by atoms with E-state index >= 15 is 0 Å². The Bertz CT molecular complexity index is 621. The third-order valence-corrected chi connectivity index (χ3v) is 3.83. The number of aliphatic hydroxyl groups excluding tert-OH is 1. The van der Waals surface area contributed by atoms with Crippen LogP contribution in [0.3, 0.4) is 0 Å². The molecule has 4 nitrogen and oxygen atoms in total. The molecule has 1 heterocycles. The lowest BCUT2D eigenvalue weighted by molar-refractivity contribution is 0.0915. The molecule has 5 heteroatoms. The Balaban J connectivity index is 2.12. The zero-order chi connectivity index (χ0) is 14.7. The lowest BCUT2D eigenvalue weighted by Gasteiger charge is -2.07. The van der Waals surface area contributed by atoms with Crippen molar-refractivity contribution in [3.05, 3.63) is 34.0 Å². The van der Waals surface area contributed by atoms with Crippen molar-refractivity contribution in [3.63, 3.8) is 0 Å². The predicted octanol–water partition coefficient (Wildman–Crippen LogP) is 3.39. The minimum atomic E-state index is -0.372. The summed E-state index contributed by atoms with van der Waals surface area (Å²) in [6, 6.07) is 5.65. The van der Waals surface area contributed by atoms with Crippen molar-refractivity contribution < 1.29 is 14.3 Å². The number of amides is 1. The number of halogens is 1. The number of hydrogen-bond donors (Lipinski definition) is 2. The van der Waals surface area contributed by atoms with Crippen LogP contribution in [0.2, 0.25) is 0 Å². The maximum atomic E-state index is 12.1. The molecule has 0 aliphatic rings. The Morgan fingerprint density at radius 1 is 1.50 bits per heavy atom. The minimum Gasteiger partial charge on any atom is -0.451 e. The van der Waals surface area contributed by atoms with Crippen molar-refractivity contribution in [3.8, 4) is 0 Å². The quantitative estimate of drug-likeness (QED) is 0.877. The number of aryl methyl sites for hydroxylation is 1. The van der Waals surface area contributed by atoms with Crippen LogP contribution in [-0.2, 0) is 0 Å². The topological polar surface area (TPSA) is 62.5 Å². The summed E-state index contributed by atoms with van der Waals surface area (Å²) in [5.74, 6) is 0.0993. The SMILES string of the molecule is CCC(O)CCNC(=O)c1oc2ccc(Br)cc2c1C. The molecule has 1 atom stereocenters. The summed E-state index contributed by atoms with van der Waals surface area (Å²) in [5.41, 5.74) is 1.53. The van der Waals surface area contributed by atoms with Gasteiger partial charge in [-0.1, -0.05) is 22.9 Å². The van der Waals surface area contributed by atoms with Gasteiger partial charge in [-0.05, 0) is 38.0 Å². The first kappa shape index (κ1) is 15.1. The monoisotopic (exact) mass is 339 g/mol. The zero-order valence-corrected chi connectivity index (χ0v) is 13.2. The average molecular weight is 340 g/mol. The third kappa shape index (κ3) is 3.22. The van der Waals surface area contributed by atoms with Gasteiger partial charge in [0.15, 0.2) is 5.76 Å². The Morgan fingerprint density at radius 3 is 2.95 bits per heavy atom. The summed E-state index contributed by atoms with van der Waals surface area (Å²) in [5, 5.41) is 13.2. The lowest BCUT2D eigenvalue weighted by Crippen LogP contribution is -2.27. The Hall–Kier alpha value is -1.33. The molecule has 0 saturated heterocycles. The van der Waals surface area contributed by atoms with Gasteiger partial charge >= 0.3 is 0 Å². The summed E-state index contributed by atoms with van der Waals surface area (Å²) in [6.45, 7) is 4.22. The fourth-order valence-corrected chi connectivity index (χ4v) is 2.41. The van der Waals surface area contributed by atoms with Crippen molar-refractivity contribution in [2.75, 3.05) is 6.54 Å². The van der Waals surface area contributed by atoms with Gasteiger partial charge in [-0.3, -0.25) is 4.79 Å². The molecule has 20 heavy (non-hydrogen) atoms. The van der Waals surface area contributed by atoms with Gasteiger partial charge in [0.1, 0.15) is 5.58 Å². The number of benzene rings is 1. The maximum Gasteiger partial charge on any atom is 0.287 e. The molecule has 0 saturated carbocycles. The van der Waals surface area contributed by atoms with Crippen LogP contribution in [0, 0.1) is 6.92 Å². The first-order valence-corrected chi connectivity index (χ1v) is 7.47. The fraction of sp³-hybridized carbons (Fsp3) is 0.400. The van der Waals surface area contributed by atoms with Gasteiger partial charge in [0.05, 0.1) is 6.10 Å². The number of aliphatic hydroxyl groups is 1. The third-order valence-electron chi connectivity index (χ3n) is 3.34. The second-order valence-electron chi connectivity index (χ2n) is 4.80. The molecule has 0 fully saturated rings. The maximum absolute atomic E-state index is 12.1. The van der Waals surface area contributed by atoms with Crippen molar-refractivity contribution in [1.82, 2.24) is 5.32 Å². The largest absolute Gasteiger partial charge is 0.451 e. The minimum absolute atomic E-state index is 0.238. The van der Waals surface area contributed by atoms with Crippen molar-refractivity contribution >= 4 is 32.8 Å². The molecule has 0 aliphatic carbocycles. The van der Waals surface area contributed by atoms with Crippen LogP contribution in [0.4, 0.5) is 0 Å². The van der Waals surface area contributed by atoms with Crippen LogP contribution in [0.25, 0.3) is 11.0 Å². The van der Waals surface area contributed by atoms with Gasteiger partial charge < -0.3 is 14.8 Å². The highest BCUT2D eigenvalue weighted by atomic mass is 79.9. The highest BCUT2D eigenvalue weighted by Gasteiger charge is 2.17. The van der Waals surface area contributed by atoms with Gasteiger partial charge in [0.25, 0.3) is 5.91 Å². The Labute approximate surface area is 126 Å². The summed E-state index contributed by atoms with van der Waals surface area (Å²) in [4.78, 5) is 12.1. The summed E-state index contributed by atoms with van der Waals surface area (Å²) in [6.07, 6.45) is 0.865. The summed E-state index contributed by atoms with van der Waals surface area (Å²) in [7, 11) is 0. The van der Waals surface area contributed by atoms with E-state index in [0.29, 0.717) is 30.7 Å². The van der Waals surface area contributed by atoms with Crippen LogP contribution in [-0.4, -0.2) is 23.7 Å². The molecule has 0 radical (unpaired) electrons. The molecule has 1 aromatic heterocycles. The second-order valence-corrected chi connectivity index (χ2v) is 5.72. The van der Waals surface area contributed by atoms with Gasteiger partial charge in [0.2, 0.25) is 0 Å². The first-order chi connectivity index (χ1) is 9.52. The standard InChI is InChI=1S/C15H18BrNO3/c1-3-11(18)6-7-17-15(19)14-9(2)12-8-10(16)4-5-13(12)20-14/h4-5,8,11,18H,3,6-7H2,1-2H3,(H,17,19). The van der Waals surface area contributed by atoms with Gasteiger partial charge in [-0.25, -0.2) is 0 Å². The molecule has 108 valence electrons. The number of hydrogen-bond acceptors (Lipinski definition) is 3. The molecular formula is C15H18BrNO3. The summed E-state index contributed by atoms with van der Waals surface area (Å²) < 4.78 is 6.55. The first-order valence-electron chi connectivity index (χ1n) is 6.67. The molecule has 0 aliphatic heterocycles.